The minimum atomic E-state index is -1.84. The van der Waals surface area contributed by atoms with Gasteiger partial charge in [0.25, 0.3) is 0 Å². The molecule has 1 aromatic heterocycles. The number of carbonyl (C=O) groups excluding carboxylic acids is 1. The summed E-state index contributed by atoms with van der Waals surface area (Å²) in [6.45, 7) is 0. The Morgan fingerprint density at radius 1 is 1.14 bits per heavy atom. The predicted octanol–water partition coefficient (Wildman–Crippen LogP) is 3.52. The number of aromatic nitrogens is 1. The van der Waals surface area contributed by atoms with E-state index in [2.05, 4.69) is 9.72 Å². The molecule has 0 spiro atoms. The second-order valence-corrected chi connectivity index (χ2v) is 4.26. The van der Waals surface area contributed by atoms with Crippen LogP contribution in [-0.2, 0) is 0 Å². The quantitative estimate of drug-likeness (QED) is 0.283. The van der Waals surface area contributed by atoms with E-state index in [4.69, 9.17) is 16.3 Å². The van der Waals surface area contributed by atoms with Gasteiger partial charge in [-0.2, -0.15) is 8.78 Å². The first-order chi connectivity index (χ1) is 10.3. The maximum Gasteiger partial charge on any atom is 0.349 e. The first kappa shape index (κ1) is 16.0. The monoisotopic (exact) mass is 335 g/mol. The molecule has 1 heterocycles. The Morgan fingerprint density at radius 2 is 1.73 bits per heavy atom. The zero-order chi connectivity index (χ0) is 16.4. The van der Waals surface area contributed by atoms with Crippen molar-refractivity contribution < 1.29 is 31.8 Å². The number of ether oxygens (including phenoxy) is 2. The molecule has 0 N–H and O–H groups in total. The zero-order valence-electron chi connectivity index (χ0n) is 10.8. The standard InChI is InChI=1S/C13H6ClF4NO3/c1-21-12-5(2-3-8(14)19-12)13(20)22-11-9(17)6(15)4-7(16)10(11)18/h2-4H,1H3. The van der Waals surface area contributed by atoms with Gasteiger partial charge < -0.3 is 9.47 Å². The molecule has 116 valence electrons. The van der Waals surface area contributed by atoms with E-state index in [0.717, 1.165) is 6.07 Å². The number of rotatable bonds is 3. The zero-order valence-corrected chi connectivity index (χ0v) is 11.5. The number of pyridine rings is 1. The summed E-state index contributed by atoms with van der Waals surface area (Å²) in [6.07, 6.45) is 0. The molecule has 0 aliphatic heterocycles. The molecule has 0 bridgehead atoms. The summed E-state index contributed by atoms with van der Waals surface area (Å²) in [5.41, 5.74) is -0.338. The average molecular weight is 336 g/mol. The lowest BCUT2D eigenvalue weighted by atomic mass is 10.2. The lowest BCUT2D eigenvalue weighted by Crippen LogP contribution is -2.14. The van der Waals surface area contributed by atoms with Crippen LogP contribution in [0.4, 0.5) is 17.6 Å². The van der Waals surface area contributed by atoms with Crippen molar-refractivity contribution in [2.24, 2.45) is 0 Å². The molecule has 4 nitrogen and oxygen atoms in total. The third-order valence-electron chi connectivity index (χ3n) is 2.51. The molecule has 0 aliphatic carbocycles. The highest BCUT2D eigenvalue weighted by Crippen LogP contribution is 2.28. The van der Waals surface area contributed by atoms with Crippen molar-refractivity contribution in [2.75, 3.05) is 7.11 Å². The van der Waals surface area contributed by atoms with Crippen LogP contribution in [0.25, 0.3) is 0 Å². The van der Waals surface area contributed by atoms with E-state index < -0.39 is 35.0 Å². The molecule has 9 heteroatoms. The van der Waals surface area contributed by atoms with Crippen LogP contribution in [-0.4, -0.2) is 18.1 Å². The van der Waals surface area contributed by atoms with Crippen LogP contribution < -0.4 is 9.47 Å². The highest BCUT2D eigenvalue weighted by molar-refractivity contribution is 6.29. The third-order valence-corrected chi connectivity index (χ3v) is 2.72. The number of hydrogen-bond donors (Lipinski definition) is 0. The van der Waals surface area contributed by atoms with Crippen molar-refractivity contribution in [1.82, 2.24) is 4.98 Å². The van der Waals surface area contributed by atoms with Gasteiger partial charge in [-0.25, -0.2) is 18.6 Å². The number of hydrogen-bond acceptors (Lipinski definition) is 4. The van der Waals surface area contributed by atoms with Gasteiger partial charge in [0.2, 0.25) is 23.3 Å². The van der Waals surface area contributed by atoms with E-state index in [1.165, 1.54) is 13.2 Å². The molecular weight excluding hydrogens is 330 g/mol. The summed E-state index contributed by atoms with van der Waals surface area (Å²) >= 11 is 5.59. The molecule has 0 saturated heterocycles. The molecule has 0 saturated carbocycles. The normalized spacial score (nSPS) is 10.5. The Balaban J connectivity index is 2.42. The maximum absolute atomic E-state index is 13.4. The van der Waals surface area contributed by atoms with Gasteiger partial charge in [-0.15, -0.1) is 0 Å². The molecule has 2 rings (SSSR count). The van der Waals surface area contributed by atoms with Gasteiger partial charge in [0.05, 0.1) is 7.11 Å². The lowest BCUT2D eigenvalue weighted by molar-refractivity contribution is 0.0713. The molecule has 0 fully saturated rings. The fraction of sp³-hybridized carbons (Fsp3) is 0.0769. The van der Waals surface area contributed by atoms with E-state index in [-0.39, 0.29) is 22.7 Å². The van der Waals surface area contributed by atoms with Gasteiger partial charge in [-0.3, -0.25) is 0 Å². The second kappa shape index (κ2) is 6.18. The molecule has 0 unspecified atom stereocenters. The second-order valence-electron chi connectivity index (χ2n) is 3.88. The topological polar surface area (TPSA) is 48.4 Å². The number of carbonyl (C=O) groups is 1. The third kappa shape index (κ3) is 2.96. The summed E-state index contributed by atoms with van der Waals surface area (Å²) in [5, 5.41) is -0.0115. The minimum absolute atomic E-state index is 0.00751. The Bertz CT molecular complexity index is 728. The Morgan fingerprint density at radius 3 is 2.27 bits per heavy atom. The molecule has 22 heavy (non-hydrogen) atoms. The van der Waals surface area contributed by atoms with Gasteiger partial charge >= 0.3 is 5.97 Å². The van der Waals surface area contributed by atoms with Crippen LogP contribution in [0, 0.1) is 23.3 Å². The SMILES string of the molecule is COc1nc(Cl)ccc1C(=O)Oc1c(F)c(F)cc(F)c1F. The van der Waals surface area contributed by atoms with Crippen LogP contribution in [0.3, 0.4) is 0 Å². The molecule has 0 amide bonds. The number of benzene rings is 1. The van der Waals surface area contributed by atoms with Crippen LogP contribution in [0.5, 0.6) is 11.6 Å². The largest absolute Gasteiger partial charge is 0.480 e. The fourth-order valence-corrected chi connectivity index (χ4v) is 1.66. The van der Waals surface area contributed by atoms with Gasteiger partial charge in [0.15, 0.2) is 11.6 Å². The first-order valence-electron chi connectivity index (χ1n) is 5.60. The molecular formula is C13H6ClF4NO3. The van der Waals surface area contributed by atoms with E-state index >= 15 is 0 Å². The van der Waals surface area contributed by atoms with Crippen LogP contribution in [0.1, 0.15) is 10.4 Å². The van der Waals surface area contributed by atoms with Crippen molar-refractivity contribution in [3.8, 4) is 11.6 Å². The molecule has 2 aromatic rings. The van der Waals surface area contributed by atoms with Crippen LogP contribution in [0.2, 0.25) is 5.15 Å². The van der Waals surface area contributed by atoms with Gasteiger partial charge in [-0.1, -0.05) is 11.6 Å². The number of methoxy groups -OCH3 is 1. The number of esters is 1. The average Bonchev–Trinajstić information content (AvgIpc) is 2.49. The summed E-state index contributed by atoms with van der Waals surface area (Å²) in [6, 6.07) is 2.30. The molecule has 0 atom stereocenters. The molecule has 0 aliphatic rings. The van der Waals surface area contributed by atoms with Gasteiger partial charge in [0, 0.05) is 6.07 Å². The Kier molecular flexibility index (Phi) is 4.51. The van der Waals surface area contributed by atoms with Crippen molar-refractivity contribution >= 4 is 17.6 Å². The molecule has 0 radical (unpaired) electrons. The van der Waals surface area contributed by atoms with E-state index in [0.29, 0.717) is 0 Å². The van der Waals surface area contributed by atoms with Gasteiger partial charge in [0.1, 0.15) is 10.7 Å². The van der Waals surface area contributed by atoms with Gasteiger partial charge in [-0.05, 0) is 12.1 Å². The first-order valence-corrected chi connectivity index (χ1v) is 5.98. The molecule has 1 aromatic carbocycles. The van der Waals surface area contributed by atoms with Crippen molar-refractivity contribution in [2.45, 2.75) is 0 Å². The minimum Gasteiger partial charge on any atom is -0.480 e. The van der Waals surface area contributed by atoms with E-state index in [9.17, 15) is 22.4 Å². The van der Waals surface area contributed by atoms with Crippen molar-refractivity contribution in [3.05, 3.63) is 52.2 Å². The highest BCUT2D eigenvalue weighted by atomic mass is 35.5. The Labute approximate surface area is 126 Å². The Hall–Kier alpha value is -2.35. The summed E-state index contributed by atoms with van der Waals surface area (Å²) in [4.78, 5) is 15.5. The smallest absolute Gasteiger partial charge is 0.349 e. The highest BCUT2D eigenvalue weighted by Gasteiger charge is 2.25. The number of nitrogens with zero attached hydrogens (tertiary/aromatic N) is 1. The summed E-state index contributed by atoms with van der Waals surface area (Å²) in [5.74, 6) is -10.2. The fourth-order valence-electron chi connectivity index (χ4n) is 1.52. The number of halogens is 5. The maximum atomic E-state index is 13.4. The van der Waals surface area contributed by atoms with E-state index in [1.807, 2.05) is 0 Å². The lowest BCUT2D eigenvalue weighted by Gasteiger charge is -2.10. The van der Waals surface area contributed by atoms with Crippen LogP contribution >= 0.6 is 11.6 Å². The summed E-state index contributed by atoms with van der Waals surface area (Å²) < 4.78 is 62.1. The van der Waals surface area contributed by atoms with Crippen molar-refractivity contribution in [1.29, 1.82) is 0 Å². The summed E-state index contributed by atoms with van der Waals surface area (Å²) in [7, 11) is 1.17. The van der Waals surface area contributed by atoms with Crippen LogP contribution in [0.15, 0.2) is 18.2 Å². The predicted molar refractivity (Wildman–Crippen MR) is 67.0 cm³/mol. The van der Waals surface area contributed by atoms with Crippen molar-refractivity contribution in [3.63, 3.8) is 0 Å². The van der Waals surface area contributed by atoms with E-state index in [1.54, 1.807) is 0 Å².